The molecular weight excluding hydrogens is 467 g/mol. The number of nitrogens with zero attached hydrogens (tertiary/aromatic N) is 3. The number of aryl methyl sites for hydroxylation is 1. The third-order valence-corrected chi connectivity index (χ3v) is 6.24. The summed E-state index contributed by atoms with van der Waals surface area (Å²) in [6.07, 6.45) is 1.74. The first-order valence-corrected chi connectivity index (χ1v) is 11.9. The normalized spacial score (nSPS) is 10.8. The molecule has 0 saturated heterocycles. The molecule has 0 aliphatic carbocycles. The van der Waals surface area contributed by atoms with E-state index in [2.05, 4.69) is 10.3 Å². The topological polar surface area (TPSA) is 76.5 Å². The first kappa shape index (κ1) is 24.3. The lowest BCUT2D eigenvalue weighted by Crippen LogP contribution is -2.40. The van der Waals surface area contributed by atoms with Gasteiger partial charge in [-0.25, -0.2) is 9.37 Å². The number of hydrogen-bond donors (Lipinski definition) is 1. The molecular formula is C26H25FN4O3S. The van der Waals surface area contributed by atoms with Crippen molar-refractivity contribution in [1.82, 2.24) is 14.5 Å². The fourth-order valence-electron chi connectivity index (χ4n) is 3.49. The van der Waals surface area contributed by atoms with E-state index in [-0.39, 0.29) is 30.8 Å². The highest BCUT2D eigenvalue weighted by molar-refractivity contribution is 7.12. The summed E-state index contributed by atoms with van der Waals surface area (Å²) in [6, 6.07) is 17.8. The highest BCUT2D eigenvalue weighted by atomic mass is 32.1. The van der Waals surface area contributed by atoms with E-state index in [0.29, 0.717) is 28.4 Å². The molecule has 0 atom stereocenters. The summed E-state index contributed by atoms with van der Waals surface area (Å²) in [4.78, 5) is 32.5. The Kier molecular flexibility index (Phi) is 7.69. The van der Waals surface area contributed by atoms with Gasteiger partial charge in [0.2, 0.25) is 11.9 Å². The van der Waals surface area contributed by atoms with Gasteiger partial charge in [0.15, 0.2) is 0 Å². The molecule has 0 fully saturated rings. The number of amides is 2. The number of benzene rings is 2. The zero-order valence-electron chi connectivity index (χ0n) is 19.4. The average molecular weight is 493 g/mol. The second kappa shape index (κ2) is 11.1. The Bertz CT molecular complexity index is 1310. The summed E-state index contributed by atoms with van der Waals surface area (Å²) >= 11 is 1.31. The standard InChI is InChI=1S/C26H25FN4O3S/c1-18-10-11-20(15-21(18)27)31-16-22(19-7-4-3-5-8-19)28-26(31)29-24(32)17-30(12-13-34-2)25(33)23-9-6-14-35-23/h3-11,14-16H,12-13,17H2,1-2H3,(H,28,29,32). The van der Waals surface area contributed by atoms with Crippen LogP contribution in [-0.2, 0) is 9.53 Å². The molecule has 0 radical (unpaired) electrons. The van der Waals surface area contributed by atoms with Crippen LogP contribution in [0.5, 0.6) is 0 Å². The van der Waals surface area contributed by atoms with Crippen molar-refractivity contribution in [2.45, 2.75) is 6.92 Å². The molecule has 0 spiro atoms. The summed E-state index contributed by atoms with van der Waals surface area (Å²) in [7, 11) is 1.54. The minimum atomic E-state index is -0.426. The van der Waals surface area contributed by atoms with Crippen LogP contribution in [0.15, 0.2) is 72.2 Å². The average Bonchev–Trinajstić information content (AvgIpc) is 3.54. The maximum atomic E-state index is 14.3. The molecule has 0 aliphatic heterocycles. The molecule has 1 N–H and O–H groups in total. The van der Waals surface area contributed by atoms with E-state index in [4.69, 9.17) is 4.74 Å². The molecule has 0 bridgehead atoms. The Morgan fingerprint density at radius 2 is 1.94 bits per heavy atom. The van der Waals surface area contributed by atoms with Crippen molar-refractivity contribution in [2.24, 2.45) is 0 Å². The molecule has 2 heterocycles. The molecule has 7 nitrogen and oxygen atoms in total. The van der Waals surface area contributed by atoms with Gasteiger partial charge in [-0.2, -0.15) is 0 Å². The van der Waals surface area contributed by atoms with Crippen LogP contribution in [0.2, 0.25) is 0 Å². The van der Waals surface area contributed by atoms with Crippen molar-refractivity contribution in [3.05, 3.63) is 88.5 Å². The first-order valence-electron chi connectivity index (χ1n) is 11.0. The zero-order valence-corrected chi connectivity index (χ0v) is 20.2. The van der Waals surface area contributed by atoms with Crippen molar-refractivity contribution in [2.75, 3.05) is 32.1 Å². The molecule has 35 heavy (non-hydrogen) atoms. The molecule has 2 aromatic heterocycles. The van der Waals surface area contributed by atoms with Gasteiger partial charge >= 0.3 is 0 Å². The van der Waals surface area contributed by atoms with E-state index >= 15 is 0 Å². The van der Waals surface area contributed by atoms with Gasteiger partial charge in [0, 0.05) is 25.4 Å². The largest absolute Gasteiger partial charge is 0.383 e. The number of nitrogens with one attached hydrogen (secondary N) is 1. The second-order valence-electron chi connectivity index (χ2n) is 7.86. The third kappa shape index (κ3) is 5.82. The van der Waals surface area contributed by atoms with Crippen LogP contribution in [0.3, 0.4) is 0 Å². The number of methoxy groups -OCH3 is 1. The van der Waals surface area contributed by atoms with Gasteiger partial charge < -0.3 is 9.64 Å². The fourth-order valence-corrected chi connectivity index (χ4v) is 4.18. The minimum Gasteiger partial charge on any atom is -0.383 e. The molecule has 2 aromatic carbocycles. The van der Waals surface area contributed by atoms with Gasteiger partial charge in [0.1, 0.15) is 12.4 Å². The smallest absolute Gasteiger partial charge is 0.264 e. The van der Waals surface area contributed by atoms with Gasteiger partial charge in [-0.15, -0.1) is 11.3 Å². The molecule has 0 unspecified atom stereocenters. The van der Waals surface area contributed by atoms with Crippen LogP contribution < -0.4 is 5.32 Å². The maximum absolute atomic E-state index is 14.3. The molecule has 2 amide bonds. The van der Waals surface area contributed by atoms with Crippen LogP contribution >= 0.6 is 11.3 Å². The van der Waals surface area contributed by atoms with Gasteiger partial charge in [0.25, 0.3) is 5.91 Å². The van der Waals surface area contributed by atoms with Crippen molar-refractivity contribution in [1.29, 1.82) is 0 Å². The molecule has 0 aliphatic rings. The van der Waals surface area contributed by atoms with Crippen molar-refractivity contribution in [3.8, 4) is 16.9 Å². The number of carbonyl (C=O) groups is 2. The number of thiophene rings is 1. The number of carbonyl (C=O) groups excluding carboxylic acids is 2. The summed E-state index contributed by atoms with van der Waals surface area (Å²) in [6.45, 7) is 2.05. The highest BCUT2D eigenvalue weighted by Crippen LogP contribution is 2.25. The number of halogens is 1. The van der Waals surface area contributed by atoms with Gasteiger partial charge in [-0.3, -0.25) is 19.5 Å². The Balaban J connectivity index is 1.62. The number of hydrogen-bond acceptors (Lipinski definition) is 5. The fraction of sp³-hybridized carbons (Fsp3) is 0.192. The molecule has 4 aromatic rings. The Morgan fingerprint density at radius 3 is 2.63 bits per heavy atom. The van der Waals surface area contributed by atoms with E-state index < -0.39 is 5.91 Å². The Labute approximate surface area is 206 Å². The number of imidazole rings is 1. The van der Waals surface area contributed by atoms with E-state index in [1.807, 2.05) is 35.7 Å². The van der Waals surface area contributed by atoms with E-state index in [1.165, 1.54) is 29.4 Å². The number of anilines is 1. The number of aromatic nitrogens is 2. The molecule has 4 rings (SSSR count). The quantitative estimate of drug-likeness (QED) is 0.365. The highest BCUT2D eigenvalue weighted by Gasteiger charge is 2.21. The Morgan fingerprint density at radius 1 is 1.14 bits per heavy atom. The molecule has 0 saturated carbocycles. The summed E-state index contributed by atoms with van der Waals surface area (Å²) in [5, 5.41) is 4.61. The third-order valence-electron chi connectivity index (χ3n) is 5.38. The lowest BCUT2D eigenvalue weighted by molar-refractivity contribution is -0.117. The van der Waals surface area contributed by atoms with Crippen LogP contribution in [0, 0.1) is 12.7 Å². The maximum Gasteiger partial charge on any atom is 0.264 e. The van der Waals surface area contributed by atoms with E-state index in [1.54, 1.807) is 42.0 Å². The van der Waals surface area contributed by atoms with E-state index in [9.17, 15) is 14.0 Å². The van der Waals surface area contributed by atoms with Crippen molar-refractivity contribution < 1.29 is 18.7 Å². The Hall–Kier alpha value is -3.82. The molecule has 9 heteroatoms. The lowest BCUT2D eigenvalue weighted by Gasteiger charge is -2.21. The van der Waals surface area contributed by atoms with Gasteiger partial charge in [-0.1, -0.05) is 42.5 Å². The van der Waals surface area contributed by atoms with E-state index in [0.717, 1.165) is 5.56 Å². The monoisotopic (exact) mass is 492 g/mol. The van der Waals surface area contributed by atoms with Crippen molar-refractivity contribution in [3.63, 3.8) is 0 Å². The summed E-state index contributed by atoms with van der Waals surface area (Å²) < 4.78 is 21.1. The summed E-state index contributed by atoms with van der Waals surface area (Å²) in [5.41, 5.74) is 2.50. The first-order chi connectivity index (χ1) is 17.0. The number of rotatable bonds is 9. The number of ether oxygens (including phenoxy) is 1. The van der Waals surface area contributed by atoms with Crippen LogP contribution in [0.4, 0.5) is 10.3 Å². The summed E-state index contributed by atoms with van der Waals surface area (Å²) in [5.74, 6) is -0.805. The minimum absolute atomic E-state index is 0.185. The van der Waals surface area contributed by atoms with Crippen molar-refractivity contribution >= 4 is 29.1 Å². The second-order valence-corrected chi connectivity index (χ2v) is 8.81. The zero-order chi connectivity index (χ0) is 24.8. The predicted molar refractivity (Wildman–Crippen MR) is 134 cm³/mol. The predicted octanol–water partition coefficient (Wildman–Crippen LogP) is 4.78. The van der Waals surface area contributed by atoms with Crippen LogP contribution in [0.25, 0.3) is 16.9 Å². The van der Waals surface area contributed by atoms with Crippen LogP contribution in [-0.4, -0.2) is 53.1 Å². The molecule has 180 valence electrons. The lowest BCUT2D eigenvalue weighted by atomic mass is 10.2. The van der Waals surface area contributed by atoms with Crippen LogP contribution in [0.1, 0.15) is 15.2 Å². The van der Waals surface area contributed by atoms with Gasteiger partial charge in [0.05, 0.1) is 22.9 Å². The SMILES string of the molecule is COCCN(CC(=O)Nc1nc(-c2ccccc2)cn1-c1ccc(C)c(F)c1)C(=O)c1cccs1. The van der Waals surface area contributed by atoms with Gasteiger partial charge in [-0.05, 0) is 36.1 Å².